The number of hydrogen-bond donors (Lipinski definition) is 1. The number of urea groups is 1. The summed E-state index contributed by atoms with van der Waals surface area (Å²) >= 11 is 0. The number of rotatable bonds is 7. The van der Waals surface area contributed by atoms with Crippen LogP contribution in [0.4, 0.5) is 4.79 Å². The second-order valence-corrected chi connectivity index (χ2v) is 7.05. The van der Waals surface area contributed by atoms with Crippen LogP contribution in [0.25, 0.3) is 0 Å². The Balaban J connectivity index is 1.31. The Bertz CT molecular complexity index is 588. The average molecular weight is 361 g/mol. The number of ether oxygens (including phenoxy) is 2. The molecule has 26 heavy (non-hydrogen) atoms. The molecule has 2 heterocycles. The van der Waals surface area contributed by atoms with Crippen LogP contribution in [-0.2, 0) is 17.7 Å². The summed E-state index contributed by atoms with van der Waals surface area (Å²) in [5, 5.41) is 3.07. The highest BCUT2D eigenvalue weighted by Crippen LogP contribution is 2.23. The van der Waals surface area contributed by atoms with Gasteiger partial charge in [0.15, 0.2) is 0 Å². The minimum Gasteiger partial charge on any atom is -0.497 e. The van der Waals surface area contributed by atoms with Crippen molar-refractivity contribution < 1.29 is 14.3 Å². The fourth-order valence-corrected chi connectivity index (χ4v) is 3.60. The highest BCUT2D eigenvalue weighted by molar-refractivity contribution is 5.74. The quantitative estimate of drug-likeness (QED) is 0.757. The van der Waals surface area contributed by atoms with Crippen LogP contribution in [0, 0.1) is 0 Å². The highest BCUT2D eigenvalue weighted by atomic mass is 16.5. The lowest BCUT2D eigenvalue weighted by atomic mass is 10.00. The molecule has 0 aromatic heterocycles. The molecule has 2 amide bonds. The van der Waals surface area contributed by atoms with Crippen LogP contribution in [0.2, 0.25) is 0 Å². The minimum absolute atomic E-state index is 0.0552. The Labute approximate surface area is 156 Å². The summed E-state index contributed by atoms with van der Waals surface area (Å²) in [6.07, 6.45) is 4.27. The molecule has 1 fully saturated rings. The summed E-state index contributed by atoms with van der Waals surface area (Å²) < 4.78 is 10.6. The summed E-state index contributed by atoms with van der Waals surface area (Å²) in [7, 11) is 1.69. The maximum atomic E-state index is 12.4. The molecule has 2 aliphatic rings. The third-order valence-corrected chi connectivity index (χ3v) is 5.24. The van der Waals surface area contributed by atoms with Crippen molar-refractivity contribution in [3.8, 4) is 5.75 Å². The van der Waals surface area contributed by atoms with Crippen LogP contribution < -0.4 is 10.1 Å². The number of hydrogen-bond acceptors (Lipinski definition) is 4. The fourth-order valence-electron chi connectivity index (χ4n) is 3.60. The Morgan fingerprint density at radius 3 is 2.81 bits per heavy atom. The summed E-state index contributed by atoms with van der Waals surface area (Å²) in [6.45, 7) is 7.19. The number of carbonyl (C=O) groups is 1. The molecule has 6 nitrogen and oxygen atoms in total. The number of fused-ring (bicyclic) bond motifs is 1. The zero-order valence-electron chi connectivity index (χ0n) is 15.8. The molecule has 1 aromatic carbocycles. The molecule has 1 saturated heterocycles. The summed E-state index contributed by atoms with van der Waals surface area (Å²) in [4.78, 5) is 16.7. The van der Waals surface area contributed by atoms with Gasteiger partial charge in [0, 0.05) is 32.7 Å². The summed E-state index contributed by atoms with van der Waals surface area (Å²) in [5.74, 6) is 0.888. The number of amides is 2. The van der Waals surface area contributed by atoms with E-state index in [1.54, 1.807) is 7.11 Å². The first-order valence-corrected chi connectivity index (χ1v) is 9.75. The van der Waals surface area contributed by atoms with Crippen LogP contribution in [0.5, 0.6) is 5.75 Å². The molecule has 0 unspecified atom stereocenters. The molecule has 6 heteroatoms. The predicted octanol–water partition coefficient (Wildman–Crippen LogP) is 2.27. The van der Waals surface area contributed by atoms with Gasteiger partial charge in [-0.05, 0) is 49.1 Å². The van der Waals surface area contributed by atoms with Crippen molar-refractivity contribution in [2.75, 3.05) is 53.0 Å². The van der Waals surface area contributed by atoms with Gasteiger partial charge in [0.1, 0.15) is 5.75 Å². The molecular formula is C20H31N3O3. The van der Waals surface area contributed by atoms with Crippen LogP contribution in [-0.4, -0.2) is 68.9 Å². The van der Waals surface area contributed by atoms with Crippen molar-refractivity contribution >= 4 is 6.03 Å². The molecule has 3 rings (SSSR count). The number of carbonyl (C=O) groups excluding carboxylic acids is 1. The zero-order chi connectivity index (χ0) is 18.2. The molecule has 1 aromatic rings. The molecule has 2 aliphatic heterocycles. The number of unbranched alkanes of at least 4 members (excludes halogenated alkanes) is 2. The van der Waals surface area contributed by atoms with Crippen molar-refractivity contribution in [1.29, 1.82) is 0 Å². The van der Waals surface area contributed by atoms with E-state index in [9.17, 15) is 4.79 Å². The zero-order valence-corrected chi connectivity index (χ0v) is 15.8. The summed E-state index contributed by atoms with van der Waals surface area (Å²) in [5.41, 5.74) is 2.51. The van der Waals surface area contributed by atoms with Gasteiger partial charge in [0.05, 0.1) is 20.3 Å². The largest absolute Gasteiger partial charge is 0.497 e. The molecule has 0 aliphatic carbocycles. The van der Waals surface area contributed by atoms with Crippen LogP contribution in [0.3, 0.4) is 0 Å². The van der Waals surface area contributed by atoms with Crippen molar-refractivity contribution in [1.82, 2.24) is 15.1 Å². The monoisotopic (exact) mass is 361 g/mol. The lowest BCUT2D eigenvalue weighted by Crippen LogP contribution is -2.43. The minimum atomic E-state index is 0.0552. The van der Waals surface area contributed by atoms with E-state index in [0.717, 1.165) is 70.9 Å². The van der Waals surface area contributed by atoms with Crippen LogP contribution >= 0.6 is 0 Å². The fraction of sp³-hybridized carbons (Fsp3) is 0.650. The normalized spacial score (nSPS) is 17.7. The van der Waals surface area contributed by atoms with Crippen molar-refractivity contribution in [3.63, 3.8) is 0 Å². The number of benzene rings is 1. The average Bonchev–Trinajstić information content (AvgIpc) is 2.70. The second kappa shape index (κ2) is 9.78. The van der Waals surface area contributed by atoms with Crippen molar-refractivity contribution in [2.24, 2.45) is 0 Å². The lowest BCUT2D eigenvalue weighted by Gasteiger charge is -2.29. The maximum absolute atomic E-state index is 12.4. The third kappa shape index (κ3) is 5.35. The van der Waals surface area contributed by atoms with E-state index < -0.39 is 0 Å². The number of morpholine rings is 1. The number of nitrogens with zero attached hydrogens (tertiary/aromatic N) is 2. The predicted molar refractivity (Wildman–Crippen MR) is 102 cm³/mol. The van der Waals surface area contributed by atoms with Gasteiger partial charge in [0.25, 0.3) is 0 Å². The smallest absolute Gasteiger partial charge is 0.317 e. The van der Waals surface area contributed by atoms with Crippen molar-refractivity contribution in [2.45, 2.75) is 32.2 Å². The molecule has 0 radical (unpaired) electrons. The van der Waals surface area contributed by atoms with Crippen LogP contribution in [0.1, 0.15) is 30.4 Å². The second-order valence-electron chi connectivity index (χ2n) is 7.05. The Morgan fingerprint density at radius 2 is 2.00 bits per heavy atom. The molecule has 144 valence electrons. The van der Waals surface area contributed by atoms with Gasteiger partial charge in [-0.1, -0.05) is 12.5 Å². The third-order valence-electron chi connectivity index (χ3n) is 5.24. The van der Waals surface area contributed by atoms with Gasteiger partial charge < -0.3 is 19.7 Å². The molecule has 0 atom stereocenters. The highest BCUT2D eigenvalue weighted by Gasteiger charge is 2.20. The van der Waals surface area contributed by atoms with Gasteiger partial charge in [0.2, 0.25) is 0 Å². The molecule has 0 bridgehead atoms. The SMILES string of the molecule is COc1ccc2c(c1)CCN(C(=O)NCCCCCN1CCOCC1)C2. The van der Waals surface area contributed by atoms with Gasteiger partial charge in [-0.2, -0.15) is 0 Å². The first-order valence-electron chi connectivity index (χ1n) is 9.75. The Hall–Kier alpha value is -1.79. The van der Waals surface area contributed by atoms with E-state index in [0.29, 0.717) is 6.54 Å². The first kappa shape index (κ1) is 19.0. The van der Waals surface area contributed by atoms with Gasteiger partial charge in [-0.15, -0.1) is 0 Å². The number of nitrogens with one attached hydrogen (secondary N) is 1. The van der Waals surface area contributed by atoms with E-state index >= 15 is 0 Å². The topological polar surface area (TPSA) is 54.0 Å². The molecule has 1 N–H and O–H groups in total. The summed E-state index contributed by atoms with van der Waals surface area (Å²) in [6, 6.07) is 6.17. The first-order chi connectivity index (χ1) is 12.8. The lowest BCUT2D eigenvalue weighted by molar-refractivity contribution is 0.0371. The molecule has 0 spiro atoms. The molecule has 0 saturated carbocycles. The number of methoxy groups -OCH3 is 1. The standard InChI is InChI=1S/C20H31N3O3/c1-25-19-6-5-18-16-23(10-7-17(18)15-19)20(24)21-8-3-2-4-9-22-11-13-26-14-12-22/h5-6,15H,2-4,7-14,16H2,1H3,(H,21,24). The van der Waals surface area contributed by atoms with Crippen molar-refractivity contribution in [3.05, 3.63) is 29.3 Å². The van der Waals surface area contributed by atoms with E-state index in [-0.39, 0.29) is 6.03 Å². The van der Waals surface area contributed by atoms with Gasteiger partial charge in [-0.3, -0.25) is 4.90 Å². The van der Waals surface area contributed by atoms with Crippen LogP contribution in [0.15, 0.2) is 18.2 Å². The van der Waals surface area contributed by atoms with Gasteiger partial charge in [-0.25, -0.2) is 4.79 Å². The van der Waals surface area contributed by atoms with E-state index in [1.807, 2.05) is 11.0 Å². The van der Waals surface area contributed by atoms with E-state index in [4.69, 9.17) is 9.47 Å². The van der Waals surface area contributed by atoms with Gasteiger partial charge >= 0.3 is 6.03 Å². The Morgan fingerprint density at radius 1 is 1.15 bits per heavy atom. The Kier molecular flexibility index (Phi) is 7.14. The van der Waals surface area contributed by atoms with E-state index in [1.165, 1.54) is 17.5 Å². The molecular weight excluding hydrogens is 330 g/mol. The maximum Gasteiger partial charge on any atom is 0.317 e. The van der Waals surface area contributed by atoms with E-state index in [2.05, 4.69) is 22.3 Å².